The minimum Gasteiger partial charge on any atom is -0.493 e. The molecular weight excluding hydrogens is 508 g/mol. The number of aromatic nitrogens is 1. The summed E-state index contributed by atoms with van der Waals surface area (Å²) in [6.07, 6.45) is 4.45. The summed E-state index contributed by atoms with van der Waals surface area (Å²) >= 11 is 1.62. The van der Waals surface area contributed by atoms with Gasteiger partial charge in [0, 0.05) is 35.5 Å². The number of fused-ring (bicyclic) bond motifs is 5. The zero-order valence-electron chi connectivity index (χ0n) is 22.5. The van der Waals surface area contributed by atoms with Crippen molar-refractivity contribution >= 4 is 33.0 Å². The molecule has 0 radical (unpaired) electrons. The molecular formula is C32H30N2O4S. The fourth-order valence-corrected chi connectivity index (χ4v) is 7.23. The molecule has 1 unspecified atom stereocenters. The van der Waals surface area contributed by atoms with Crippen molar-refractivity contribution in [1.82, 2.24) is 9.88 Å². The summed E-state index contributed by atoms with van der Waals surface area (Å²) in [5.41, 5.74) is 6.28. The Labute approximate surface area is 231 Å². The van der Waals surface area contributed by atoms with Gasteiger partial charge in [-0.1, -0.05) is 26.0 Å². The lowest BCUT2D eigenvalue weighted by Gasteiger charge is -2.45. The fraction of sp³-hybridized carbons (Fsp3) is 0.312. The number of allylic oxidation sites excluding steroid dienone is 3. The summed E-state index contributed by atoms with van der Waals surface area (Å²) in [5.74, 6) is 2.87. The summed E-state index contributed by atoms with van der Waals surface area (Å²) < 4.78 is 18.9. The number of ether oxygens (including phenoxy) is 2. The minimum atomic E-state index is -0.267. The van der Waals surface area contributed by atoms with E-state index in [1.807, 2.05) is 30.3 Å². The number of methoxy groups -OCH3 is 2. The number of hydrogen-bond acceptors (Lipinski definition) is 7. The molecule has 4 aromatic rings. The predicted octanol–water partition coefficient (Wildman–Crippen LogP) is 7.21. The van der Waals surface area contributed by atoms with Crippen molar-refractivity contribution < 1.29 is 18.7 Å². The summed E-state index contributed by atoms with van der Waals surface area (Å²) in [4.78, 5) is 20.9. The molecule has 3 aliphatic rings. The third kappa shape index (κ3) is 3.90. The van der Waals surface area contributed by atoms with Gasteiger partial charge < -0.3 is 18.8 Å². The first-order valence-electron chi connectivity index (χ1n) is 13.3. The molecule has 0 bridgehead atoms. The fourth-order valence-electron chi connectivity index (χ4n) is 6.30. The average Bonchev–Trinajstić information content (AvgIpc) is 3.58. The number of carbonyl (C=O) groups excluding carboxylic acids is 1. The molecule has 2 aromatic heterocycles. The van der Waals surface area contributed by atoms with E-state index in [-0.39, 0.29) is 17.1 Å². The largest absolute Gasteiger partial charge is 0.493 e. The number of Topliss-reactive ketones (excluding diaryl/α,β-unsaturated/α-hetero) is 1. The molecule has 0 saturated heterocycles. The molecule has 4 heterocycles. The Balaban J connectivity index is 1.37. The van der Waals surface area contributed by atoms with Crippen molar-refractivity contribution in [2.45, 2.75) is 39.0 Å². The van der Waals surface area contributed by atoms with Crippen molar-refractivity contribution in [2.75, 3.05) is 20.8 Å². The van der Waals surface area contributed by atoms with Crippen LogP contribution in [0.3, 0.4) is 0 Å². The first-order chi connectivity index (χ1) is 18.8. The number of benzene rings is 2. The lowest BCUT2D eigenvalue weighted by atomic mass is 9.70. The van der Waals surface area contributed by atoms with Crippen LogP contribution < -0.4 is 9.47 Å². The zero-order valence-corrected chi connectivity index (χ0v) is 23.4. The van der Waals surface area contributed by atoms with Gasteiger partial charge in [-0.15, -0.1) is 11.3 Å². The molecule has 0 N–H and O–H groups in total. The number of para-hydroxylation sites is 1. The third-order valence-electron chi connectivity index (χ3n) is 8.08. The van der Waals surface area contributed by atoms with E-state index in [0.29, 0.717) is 12.2 Å². The van der Waals surface area contributed by atoms with Gasteiger partial charge in [0.15, 0.2) is 28.1 Å². The van der Waals surface area contributed by atoms with Crippen molar-refractivity contribution in [3.63, 3.8) is 0 Å². The van der Waals surface area contributed by atoms with Gasteiger partial charge in [0.25, 0.3) is 0 Å². The first-order valence-corrected chi connectivity index (χ1v) is 14.1. The van der Waals surface area contributed by atoms with E-state index in [4.69, 9.17) is 18.9 Å². The summed E-state index contributed by atoms with van der Waals surface area (Å²) in [6, 6.07) is 16.3. The summed E-state index contributed by atoms with van der Waals surface area (Å²) in [5, 5.41) is 0.845. The van der Waals surface area contributed by atoms with Crippen molar-refractivity contribution in [3.8, 4) is 22.3 Å². The number of rotatable bonds is 4. The van der Waals surface area contributed by atoms with Gasteiger partial charge in [-0.05, 0) is 66.3 Å². The Hall–Kier alpha value is -3.84. The van der Waals surface area contributed by atoms with Gasteiger partial charge in [0.1, 0.15) is 5.76 Å². The normalized spacial score (nSPS) is 19.9. The topological polar surface area (TPSA) is 64.8 Å². The number of furan rings is 1. The highest BCUT2D eigenvalue weighted by molar-refractivity contribution is 7.21. The van der Waals surface area contributed by atoms with Crippen LogP contribution in [0.1, 0.15) is 49.5 Å². The van der Waals surface area contributed by atoms with Crippen LogP contribution in [0.4, 0.5) is 0 Å². The summed E-state index contributed by atoms with van der Waals surface area (Å²) in [7, 11) is 3.33. The van der Waals surface area contributed by atoms with Gasteiger partial charge in [-0.3, -0.25) is 4.79 Å². The van der Waals surface area contributed by atoms with E-state index in [1.165, 1.54) is 5.56 Å². The van der Waals surface area contributed by atoms with E-state index >= 15 is 0 Å². The molecule has 2 aliphatic heterocycles. The zero-order chi connectivity index (χ0) is 26.9. The highest BCUT2D eigenvalue weighted by Crippen LogP contribution is 2.51. The molecule has 0 amide bonds. The van der Waals surface area contributed by atoms with E-state index in [2.05, 4.69) is 43.0 Å². The van der Waals surface area contributed by atoms with E-state index in [9.17, 15) is 4.79 Å². The first kappa shape index (κ1) is 24.2. The van der Waals surface area contributed by atoms with E-state index < -0.39 is 0 Å². The van der Waals surface area contributed by atoms with Gasteiger partial charge in [-0.2, -0.15) is 0 Å². The predicted molar refractivity (Wildman–Crippen MR) is 153 cm³/mol. The molecule has 0 spiro atoms. The highest BCUT2D eigenvalue weighted by Gasteiger charge is 2.43. The molecule has 39 heavy (non-hydrogen) atoms. The Morgan fingerprint density at radius 2 is 1.85 bits per heavy atom. The van der Waals surface area contributed by atoms with Gasteiger partial charge in [0.2, 0.25) is 0 Å². The smallest absolute Gasteiger partial charge is 0.162 e. The SMILES string of the molecule is COc1cc2c(cc1OC)C1=CC(c3ccc(-c4nc5ccccc5s4)o3)C3=C(CC(C)(C)CC3=O)N1CC2. The number of ketones is 1. The second-order valence-electron chi connectivity index (χ2n) is 11.3. The lowest BCUT2D eigenvalue weighted by Crippen LogP contribution is -2.40. The highest BCUT2D eigenvalue weighted by atomic mass is 32.1. The molecule has 0 fully saturated rings. The number of thiazole rings is 1. The lowest BCUT2D eigenvalue weighted by molar-refractivity contribution is -0.118. The number of carbonyl (C=O) groups is 1. The molecule has 1 atom stereocenters. The maximum Gasteiger partial charge on any atom is 0.162 e. The van der Waals surface area contributed by atoms with Crippen molar-refractivity contribution in [1.29, 1.82) is 0 Å². The second kappa shape index (κ2) is 8.85. The second-order valence-corrected chi connectivity index (χ2v) is 12.3. The quantitative estimate of drug-likeness (QED) is 0.273. The van der Waals surface area contributed by atoms with E-state index in [1.54, 1.807) is 25.6 Å². The van der Waals surface area contributed by atoms with Crippen LogP contribution in [-0.4, -0.2) is 36.4 Å². The molecule has 7 heteroatoms. The number of nitrogens with zero attached hydrogens (tertiary/aromatic N) is 2. The van der Waals surface area contributed by atoms with Crippen molar-refractivity contribution in [3.05, 3.63) is 82.8 Å². The van der Waals surface area contributed by atoms with Crippen LogP contribution in [0.2, 0.25) is 0 Å². The molecule has 0 saturated carbocycles. The Morgan fingerprint density at radius 3 is 2.64 bits per heavy atom. The van der Waals surface area contributed by atoms with Crippen LogP contribution in [0, 0.1) is 5.41 Å². The Bertz CT molecular complexity index is 1670. The monoisotopic (exact) mass is 538 g/mol. The Kier molecular flexibility index (Phi) is 5.49. The van der Waals surface area contributed by atoms with Crippen LogP contribution in [0.25, 0.3) is 26.7 Å². The van der Waals surface area contributed by atoms with Crippen LogP contribution >= 0.6 is 11.3 Å². The van der Waals surface area contributed by atoms with Gasteiger partial charge in [-0.25, -0.2) is 4.98 Å². The third-order valence-corrected chi connectivity index (χ3v) is 9.13. The standard InChI is InChI=1S/C32H30N2O4S/c1-32(2)16-23-30(24(35)17-32)20(25-9-10-26(38-25)31-33-21-7-5-6-8-29(21)39-31)14-22-19-15-28(37-4)27(36-3)13-18(19)11-12-34(22)23/h5-10,13-15,20H,11-12,16-17H2,1-4H3. The Morgan fingerprint density at radius 1 is 1.05 bits per heavy atom. The van der Waals surface area contributed by atoms with E-state index in [0.717, 1.165) is 74.4 Å². The number of hydrogen-bond donors (Lipinski definition) is 0. The molecule has 7 rings (SSSR count). The minimum absolute atomic E-state index is 0.101. The van der Waals surface area contributed by atoms with Crippen LogP contribution in [-0.2, 0) is 11.2 Å². The van der Waals surface area contributed by atoms with Crippen molar-refractivity contribution in [2.24, 2.45) is 5.41 Å². The maximum atomic E-state index is 13.7. The summed E-state index contributed by atoms with van der Waals surface area (Å²) in [6.45, 7) is 5.19. The molecule has 198 valence electrons. The van der Waals surface area contributed by atoms with Gasteiger partial charge >= 0.3 is 0 Å². The van der Waals surface area contributed by atoms with Gasteiger partial charge in [0.05, 0.1) is 30.4 Å². The maximum absolute atomic E-state index is 13.7. The average molecular weight is 539 g/mol. The van der Waals surface area contributed by atoms with Crippen LogP contribution in [0.15, 0.2) is 70.3 Å². The van der Waals surface area contributed by atoms with Crippen LogP contribution in [0.5, 0.6) is 11.5 Å². The molecule has 1 aliphatic carbocycles. The molecule has 6 nitrogen and oxygen atoms in total. The molecule has 2 aromatic carbocycles.